The Kier molecular flexibility index (Phi) is 3.28. The van der Waals surface area contributed by atoms with Gasteiger partial charge in [0.2, 0.25) is 0 Å². The van der Waals surface area contributed by atoms with Gasteiger partial charge in [0.1, 0.15) is 0 Å². The standard InChI is InChI=1S/C8H10N2O4S/c1-14-8(11)6-3-2-4-7(5-6)10-15(9,12)13/h2-5,10H,1H3,(H2,9,12,13). The Morgan fingerprint density at radius 1 is 1.47 bits per heavy atom. The van der Waals surface area contributed by atoms with Gasteiger partial charge in [0.15, 0.2) is 0 Å². The van der Waals surface area contributed by atoms with Gasteiger partial charge in [-0.15, -0.1) is 0 Å². The van der Waals surface area contributed by atoms with Crippen LogP contribution in [-0.4, -0.2) is 21.5 Å². The molecule has 0 amide bonds. The van der Waals surface area contributed by atoms with Gasteiger partial charge in [0, 0.05) is 0 Å². The molecule has 0 saturated heterocycles. The number of carbonyl (C=O) groups is 1. The zero-order chi connectivity index (χ0) is 11.5. The Hall–Kier alpha value is -1.60. The fourth-order valence-corrected chi connectivity index (χ4v) is 1.45. The maximum Gasteiger partial charge on any atom is 0.337 e. The first-order valence-corrected chi connectivity index (χ1v) is 5.46. The largest absolute Gasteiger partial charge is 0.465 e. The molecule has 0 heterocycles. The van der Waals surface area contributed by atoms with E-state index in [-0.39, 0.29) is 11.3 Å². The van der Waals surface area contributed by atoms with Crippen molar-refractivity contribution in [3.05, 3.63) is 29.8 Å². The van der Waals surface area contributed by atoms with Gasteiger partial charge in [0.25, 0.3) is 10.2 Å². The lowest BCUT2D eigenvalue weighted by Gasteiger charge is -2.04. The minimum absolute atomic E-state index is 0.209. The first kappa shape index (κ1) is 11.5. The van der Waals surface area contributed by atoms with Crippen molar-refractivity contribution in [3.8, 4) is 0 Å². The number of methoxy groups -OCH3 is 1. The third-order valence-corrected chi connectivity index (χ3v) is 2.06. The summed E-state index contributed by atoms with van der Waals surface area (Å²) in [6.07, 6.45) is 0. The second-order valence-corrected chi connectivity index (χ2v) is 4.01. The predicted octanol–water partition coefficient (Wildman–Crippen LogP) is 0.0886. The van der Waals surface area contributed by atoms with Gasteiger partial charge in [-0.2, -0.15) is 8.42 Å². The molecule has 15 heavy (non-hydrogen) atoms. The van der Waals surface area contributed by atoms with Gasteiger partial charge in [0.05, 0.1) is 18.4 Å². The zero-order valence-corrected chi connectivity index (χ0v) is 8.74. The van der Waals surface area contributed by atoms with E-state index >= 15 is 0 Å². The maximum atomic E-state index is 11.1. The fraction of sp³-hybridized carbons (Fsp3) is 0.125. The van der Waals surface area contributed by atoms with E-state index in [1.165, 1.54) is 31.4 Å². The van der Waals surface area contributed by atoms with Crippen molar-refractivity contribution in [2.75, 3.05) is 11.8 Å². The second-order valence-electron chi connectivity index (χ2n) is 2.72. The minimum atomic E-state index is -3.83. The van der Waals surface area contributed by atoms with Crippen LogP contribution >= 0.6 is 0 Å². The zero-order valence-electron chi connectivity index (χ0n) is 7.93. The van der Waals surface area contributed by atoms with Gasteiger partial charge in [-0.05, 0) is 18.2 Å². The molecule has 6 nitrogen and oxygen atoms in total. The van der Waals surface area contributed by atoms with E-state index in [2.05, 4.69) is 4.74 Å². The Morgan fingerprint density at radius 3 is 2.67 bits per heavy atom. The molecule has 0 aliphatic heterocycles. The molecule has 0 saturated carbocycles. The number of anilines is 1. The van der Waals surface area contributed by atoms with Gasteiger partial charge < -0.3 is 4.74 Å². The maximum absolute atomic E-state index is 11.1. The molecule has 1 aromatic carbocycles. The smallest absolute Gasteiger partial charge is 0.337 e. The quantitative estimate of drug-likeness (QED) is 0.719. The topological polar surface area (TPSA) is 98.5 Å². The van der Waals surface area contributed by atoms with Gasteiger partial charge in [-0.3, -0.25) is 4.72 Å². The van der Waals surface area contributed by atoms with Crippen molar-refractivity contribution in [3.63, 3.8) is 0 Å². The number of nitrogens with two attached hydrogens (primary N) is 1. The van der Waals surface area contributed by atoms with E-state index < -0.39 is 16.2 Å². The summed E-state index contributed by atoms with van der Waals surface area (Å²) in [6.45, 7) is 0. The number of ether oxygens (including phenoxy) is 1. The van der Waals surface area contributed by atoms with Crippen molar-refractivity contribution in [1.82, 2.24) is 0 Å². The Labute approximate surface area is 87.2 Å². The highest BCUT2D eigenvalue weighted by Crippen LogP contribution is 2.11. The number of hydrogen-bond acceptors (Lipinski definition) is 4. The normalized spacial score (nSPS) is 10.8. The number of benzene rings is 1. The van der Waals surface area contributed by atoms with Crippen LogP contribution < -0.4 is 9.86 Å². The molecule has 0 spiro atoms. The van der Waals surface area contributed by atoms with Crippen LogP contribution in [0.15, 0.2) is 24.3 Å². The molecule has 0 unspecified atom stereocenters. The van der Waals surface area contributed by atoms with Crippen LogP contribution in [0.3, 0.4) is 0 Å². The molecule has 0 aliphatic rings. The molecule has 0 atom stereocenters. The van der Waals surface area contributed by atoms with E-state index in [1.807, 2.05) is 4.72 Å². The number of carbonyl (C=O) groups excluding carboxylic acids is 1. The molecular formula is C8H10N2O4S. The molecule has 0 aliphatic carbocycles. The molecule has 0 bridgehead atoms. The van der Waals surface area contributed by atoms with Gasteiger partial charge in [-0.25, -0.2) is 9.93 Å². The lowest BCUT2D eigenvalue weighted by molar-refractivity contribution is 0.0601. The third kappa shape index (κ3) is 3.56. The first-order chi connectivity index (χ1) is 6.92. The Balaban J connectivity index is 2.98. The molecule has 0 fully saturated rings. The monoisotopic (exact) mass is 230 g/mol. The van der Waals surface area contributed by atoms with Crippen molar-refractivity contribution in [1.29, 1.82) is 0 Å². The summed E-state index contributed by atoms with van der Waals surface area (Å²) in [5.41, 5.74) is 0.451. The highest BCUT2D eigenvalue weighted by atomic mass is 32.2. The molecular weight excluding hydrogens is 220 g/mol. The molecule has 1 rings (SSSR count). The van der Waals surface area contributed by atoms with E-state index in [9.17, 15) is 13.2 Å². The number of hydrogen-bond donors (Lipinski definition) is 2. The minimum Gasteiger partial charge on any atom is -0.465 e. The van der Waals surface area contributed by atoms with Crippen LogP contribution in [0.1, 0.15) is 10.4 Å². The van der Waals surface area contributed by atoms with Crippen molar-refractivity contribution in [2.24, 2.45) is 5.14 Å². The molecule has 82 valence electrons. The summed E-state index contributed by atoms with van der Waals surface area (Å²) in [4.78, 5) is 11.1. The molecule has 0 aromatic heterocycles. The van der Waals surface area contributed by atoms with Crippen LogP contribution in [-0.2, 0) is 14.9 Å². The van der Waals surface area contributed by atoms with Gasteiger partial charge in [-0.1, -0.05) is 6.07 Å². The second kappa shape index (κ2) is 4.28. The lowest BCUT2D eigenvalue weighted by atomic mass is 10.2. The summed E-state index contributed by atoms with van der Waals surface area (Å²) < 4.78 is 27.9. The van der Waals surface area contributed by atoms with Crippen LogP contribution in [0, 0.1) is 0 Å². The molecule has 7 heteroatoms. The molecule has 3 N–H and O–H groups in total. The van der Waals surface area contributed by atoms with E-state index in [1.54, 1.807) is 0 Å². The summed E-state index contributed by atoms with van der Waals surface area (Å²) in [6, 6.07) is 5.81. The van der Waals surface area contributed by atoms with E-state index in [4.69, 9.17) is 5.14 Å². The number of rotatable bonds is 3. The SMILES string of the molecule is COC(=O)c1cccc(NS(N)(=O)=O)c1. The average Bonchev–Trinajstić information content (AvgIpc) is 2.14. The average molecular weight is 230 g/mol. The van der Waals surface area contributed by atoms with Crippen LogP contribution in [0.25, 0.3) is 0 Å². The highest BCUT2D eigenvalue weighted by molar-refractivity contribution is 7.90. The van der Waals surface area contributed by atoms with Crippen LogP contribution in [0.5, 0.6) is 0 Å². The van der Waals surface area contributed by atoms with Crippen molar-refractivity contribution >= 4 is 21.9 Å². The summed E-state index contributed by atoms with van der Waals surface area (Å²) in [5.74, 6) is -0.548. The summed E-state index contributed by atoms with van der Waals surface area (Å²) >= 11 is 0. The van der Waals surface area contributed by atoms with E-state index in [0.717, 1.165) is 0 Å². The van der Waals surface area contributed by atoms with Gasteiger partial charge >= 0.3 is 5.97 Å². The van der Waals surface area contributed by atoms with E-state index in [0.29, 0.717) is 0 Å². The fourth-order valence-electron chi connectivity index (χ4n) is 0.992. The third-order valence-electron chi connectivity index (χ3n) is 1.54. The number of esters is 1. The van der Waals surface area contributed by atoms with Crippen LogP contribution in [0.4, 0.5) is 5.69 Å². The highest BCUT2D eigenvalue weighted by Gasteiger charge is 2.07. The first-order valence-electron chi connectivity index (χ1n) is 3.91. The Morgan fingerprint density at radius 2 is 2.13 bits per heavy atom. The van der Waals surface area contributed by atoms with Crippen molar-refractivity contribution in [2.45, 2.75) is 0 Å². The summed E-state index contributed by atoms with van der Waals surface area (Å²) in [5, 5.41) is 4.77. The summed E-state index contributed by atoms with van der Waals surface area (Å²) in [7, 11) is -2.59. The lowest BCUT2D eigenvalue weighted by Crippen LogP contribution is -2.21. The Bertz CT molecular complexity index is 469. The predicted molar refractivity (Wildman–Crippen MR) is 54.5 cm³/mol. The van der Waals surface area contributed by atoms with Crippen LogP contribution in [0.2, 0.25) is 0 Å². The van der Waals surface area contributed by atoms with Crippen molar-refractivity contribution < 1.29 is 17.9 Å². The molecule has 0 radical (unpaired) electrons. The molecule has 1 aromatic rings. The number of nitrogens with one attached hydrogen (secondary N) is 1.